The summed E-state index contributed by atoms with van der Waals surface area (Å²) in [5.74, 6) is -1.78. The molecule has 0 bridgehead atoms. The molecule has 0 atom stereocenters. The minimum atomic E-state index is -2.57. The summed E-state index contributed by atoms with van der Waals surface area (Å²) in [5, 5.41) is 7.87. The van der Waals surface area contributed by atoms with E-state index in [1.807, 2.05) is 84.6 Å². The zero-order valence-electron chi connectivity index (χ0n) is 23.0. The number of hydrogen-bond donors (Lipinski definition) is 3. The van der Waals surface area contributed by atoms with Gasteiger partial charge >= 0.3 is 0 Å². The molecule has 210 valence electrons. The molecule has 0 amide bonds. The largest absolute Gasteiger partial charge is 0.371 e. The molecule has 9 heteroatoms. The number of aryl methyl sites for hydroxylation is 1. The van der Waals surface area contributed by atoms with E-state index in [0.717, 1.165) is 67.5 Å². The molecular formula is C33H29F2N7. The van der Waals surface area contributed by atoms with Crippen LogP contribution in [0.3, 0.4) is 0 Å². The lowest BCUT2D eigenvalue weighted by Gasteiger charge is -2.33. The summed E-state index contributed by atoms with van der Waals surface area (Å²) >= 11 is 0. The number of pyridine rings is 2. The topological polar surface area (TPSA) is 81.8 Å². The van der Waals surface area contributed by atoms with Crippen LogP contribution in [0.25, 0.3) is 33.3 Å². The Balaban J connectivity index is 1.10. The van der Waals surface area contributed by atoms with Crippen molar-refractivity contribution in [2.75, 3.05) is 28.6 Å². The molecule has 42 heavy (non-hydrogen) atoms. The van der Waals surface area contributed by atoms with Crippen molar-refractivity contribution in [3.8, 4) is 11.4 Å². The number of aromatic amines is 1. The fourth-order valence-electron chi connectivity index (χ4n) is 5.41. The first kappa shape index (κ1) is 25.9. The van der Waals surface area contributed by atoms with Crippen LogP contribution in [0.5, 0.6) is 0 Å². The van der Waals surface area contributed by atoms with Gasteiger partial charge in [0.2, 0.25) is 0 Å². The van der Waals surface area contributed by atoms with Crippen molar-refractivity contribution in [2.45, 2.75) is 25.7 Å². The third-order valence-corrected chi connectivity index (χ3v) is 7.69. The molecule has 1 aliphatic heterocycles. The Morgan fingerprint density at radius 3 is 2.31 bits per heavy atom. The summed E-state index contributed by atoms with van der Waals surface area (Å²) < 4.78 is 27.4. The number of piperidine rings is 1. The lowest BCUT2D eigenvalue weighted by atomic mass is 10.1. The minimum absolute atomic E-state index is 0.121. The van der Waals surface area contributed by atoms with Gasteiger partial charge in [0.1, 0.15) is 5.82 Å². The predicted molar refractivity (Wildman–Crippen MR) is 165 cm³/mol. The maximum absolute atomic E-state index is 13.7. The van der Waals surface area contributed by atoms with Crippen LogP contribution in [-0.4, -0.2) is 38.9 Å². The van der Waals surface area contributed by atoms with Crippen molar-refractivity contribution in [1.29, 1.82) is 0 Å². The highest BCUT2D eigenvalue weighted by Gasteiger charge is 2.34. The van der Waals surface area contributed by atoms with E-state index in [1.165, 1.54) is 0 Å². The van der Waals surface area contributed by atoms with Crippen LogP contribution >= 0.6 is 0 Å². The van der Waals surface area contributed by atoms with Crippen LogP contribution in [-0.2, 0) is 0 Å². The number of benzene rings is 3. The zero-order valence-corrected chi connectivity index (χ0v) is 23.0. The van der Waals surface area contributed by atoms with Gasteiger partial charge in [-0.15, -0.1) is 0 Å². The van der Waals surface area contributed by atoms with Crippen LogP contribution < -0.4 is 15.5 Å². The highest BCUT2D eigenvalue weighted by molar-refractivity contribution is 5.95. The Kier molecular flexibility index (Phi) is 6.42. The second-order valence-corrected chi connectivity index (χ2v) is 10.7. The molecule has 3 N–H and O–H groups in total. The van der Waals surface area contributed by atoms with Crippen LogP contribution in [0.1, 0.15) is 18.5 Å². The Morgan fingerprint density at radius 2 is 1.50 bits per heavy atom. The lowest BCUT2D eigenvalue weighted by Crippen LogP contribution is -2.39. The van der Waals surface area contributed by atoms with Gasteiger partial charge in [0.05, 0.1) is 16.6 Å². The number of nitrogens with one attached hydrogen (secondary N) is 3. The van der Waals surface area contributed by atoms with Gasteiger partial charge in [-0.05, 0) is 85.8 Å². The number of hydrogen-bond acceptors (Lipinski definition) is 6. The smallest absolute Gasteiger partial charge is 0.251 e. The number of anilines is 5. The van der Waals surface area contributed by atoms with E-state index < -0.39 is 5.92 Å². The zero-order chi connectivity index (χ0) is 28.7. The molecule has 3 aromatic heterocycles. The molecule has 0 spiro atoms. The number of H-pyrrole nitrogens is 1. The Morgan fingerprint density at radius 1 is 0.762 bits per heavy atom. The molecule has 4 heterocycles. The maximum Gasteiger partial charge on any atom is 0.251 e. The molecule has 0 radical (unpaired) electrons. The third kappa shape index (κ3) is 5.33. The molecule has 1 fully saturated rings. The first-order valence-corrected chi connectivity index (χ1v) is 14.0. The second-order valence-electron chi connectivity index (χ2n) is 10.7. The van der Waals surface area contributed by atoms with Crippen molar-refractivity contribution in [1.82, 2.24) is 19.9 Å². The molecule has 0 saturated carbocycles. The highest BCUT2D eigenvalue weighted by Crippen LogP contribution is 2.34. The summed E-state index contributed by atoms with van der Waals surface area (Å²) in [6.45, 7) is 2.65. The van der Waals surface area contributed by atoms with Gasteiger partial charge in [0.25, 0.3) is 5.92 Å². The Labute approximate surface area is 241 Å². The summed E-state index contributed by atoms with van der Waals surface area (Å²) in [7, 11) is 0. The fourth-order valence-corrected chi connectivity index (χ4v) is 5.41. The van der Waals surface area contributed by atoms with Crippen molar-refractivity contribution in [2.24, 2.45) is 0 Å². The normalized spacial score (nSPS) is 14.8. The molecule has 1 aliphatic rings. The third-order valence-electron chi connectivity index (χ3n) is 7.69. The number of nitrogens with zero attached hydrogens (tertiary/aromatic N) is 4. The van der Waals surface area contributed by atoms with Crippen molar-refractivity contribution in [3.05, 3.63) is 97.0 Å². The molecule has 7 nitrogen and oxygen atoms in total. The lowest BCUT2D eigenvalue weighted by molar-refractivity contribution is -0.0220. The SMILES string of the molecule is Cc1cc(Nc2ccc3nc(-c4ccc(Nc5ccnc6ccc(N7CCC(F)(F)CC7)cc56)cc4)[nH]c3c2)ccn1. The Hall–Kier alpha value is -5.05. The molecule has 0 aliphatic carbocycles. The second kappa shape index (κ2) is 10.4. The number of imidazole rings is 1. The van der Waals surface area contributed by atoms with Crippen LogP contribution in [0, 0.1) is 6.92 Å². The van der Waals surface area contributed by atoms with Crippen molar-refractivity contribution >= 4 is 50.4 Å². The fraction of sp³-hybridized carbons (Fsp3) is 0.182. The number of fused-ring (bicyclic) bond motifs is 2. The monoisotopic (exact) mass is 561 g/mol. The van der Waals surface area contributed by atoms with E-state index in [-0.39, 0.29) is 12.8 Å². The summed E-state index contributed by atoms with van der Waals surface area (Å²) in [4.78, 5) is 19.0. The highest BCUT2D eigenvalue weighted by atomic mass is 19.3. The predicted octanol–water partition coefficient (Wildman–Crippen LogP) is 8.20. The van der Waals surface area contributed by atoms with Gasteiger partial charge in [-0.3, -0.25) is 9.97 Å². The number of alkyl halides is 2. The van der Waals surface area contributed by atoms with E-state index >= 15 is 0 Å². The van der Waals surface area contributed by atoms with E-state index in [4.69, 9.17) is 4.98 Å². The van der Waals surface area contributed by atoms with E-state index in [9.17, 15) is 8.78 Å². The first-order chi connectivity index (χ1) is 20.4. The maximum atomic E-state index is 13.7. The molecule has 7 rings (SSSR count). The van der Waals surface area contributed by atoms with E-state index in [0.29, 0.717) is 13.1 Å². The molecule has 6 aromatic rings. The summed E-state index contributed by atoms with van der Waals surface area (Å²) in [6, 6.07) is 26.0. The number of aromatic nitrogens is 4. The van der Waals surface area contributed by atoms with Crippen LogP contribution in [0.2, 0.25) is 0 Å². The van der Waals surface area contributed by atoms with Crippen molar-refractivity contribution in [3.63, 3.8) is 0 Å². The number of halogens is 2. The van der Waals surface area contributed by atoms with Gasteiger partial charge < -0.3 is 20.5 Å². The first-order valence-electron chi connectivity index (χ1n) is 14.0. The van der Waals surface area contributed by atoms with Gasteiger partial charge in [-0.25, -0.2) is 13.8 Å². The van der Waals surface area contributed by atoms with Crippen molar-refractivity contribution < 1.29 is 8.78 Å². The van der Waals surface area contributed by atoms with Gasteiger partial charge in [-0.2, -0.15) is 0 Å². The summed E-state index contributed by atoms with van der Waals surface area (Å²) in [6.07, 6.45) is 3.32. The number of rotatable bonds is 6. The van der Waals surface area contributed by atoms with Crippen LogP contribution in [0.4, 0.5) is 37.2 Å². The molecular weight excluding hydrogens is 532 g/mol. The quantitative estimate of drug-likeness (QED) is 0.190. The molecule has 0 unspecified atom stereocenters. The van der Waals surface area contributed by atoms with Crippen LogP contribution in [0.15, 0.2) is 91.3 Å². The van der Waals surface area contributed by atoms with E-state index in [2.05, 4.69) is 31.7 Å². The summed E-state index contributed by atoms with van der Waals surface area (Å²) in [5.41, 5.74) is 9.32. The van der Waals surface area contributed by atoms with E-state index in [1.54, 1.807) is 12.4 Å². The standard InChI is InChI=1S/C33H29F2N7/c1-21-18-25(10-14-36-21)38-24-6-8-30-31(19-24)41-32(40-30)22-2-4-23(5-3-22)39-29-11-15-37-28-9-7-26(20-27(28)29)42-16-12-33(34,35)13-17-42/h2-11,14-15,18-20H,12-13,16-17H2,1H3,(H,36,38)(H,37,39)(H,40,41). The molecule has 3 aromatic carbocycles. The average Bonchev–Trinajstić information content (AvgIpc) is 3.41. The van der Waals surface area contributed by atoms with Gasteiger partial charge in [-0.1, -0.05) is 0 Å². The average molecular weight is 562 g/mol. The van der Waals surface area contributed by atoms with Gasteiger partial charge in [0.15, 0.2) is 0 Å². The van der Waals surface area contributed by atoms with Gasteiger partial charge in [0, 0.05) is 83.4 Å². The minimum Gasteiger partial charge on any atom is -0.371 e. The molecule has 1 saturated heterocycles. The Bertz CT molecular complexity index is 1890.